The Balaban J connectivity index is 1.82. The SMILES string of the molecule is Cc1noc([C@@H](C)N[C@@H]2CCCc3c2cnn3C(C)(C)C)n1. The van der Waals surface area contributed by atoms with Gasteiger partial charge in [0.05, 0.1) is 17.8 Å². The van der Waals surface area contributed by atoms with Gasteiger partial charge in [-0.3, -0.25) is 10.00 Å². The first-order chi connectivity index (χ1) is 10.4. The lowest BCUT2D eigenvalue weighted by Crippen LogP contribution is -2.30. The highest BCUT2D eigenvalue weighted by atomic mass is 16.5. The third-order valence-corrected chi connectivity index (χ3v) is 4.18. The molecule has 1 aliphatic carbocycles. The molecule has 2 aromatic rings. The minimum Gasteiger partial charge on any atom is -0.338 e. The summed E-state index contributed by atoms with van der Waals surface area (Å²) >= 11 is 0. The van der Waals surface area contributed by atoms with Crippen LogP contribution in [0.15, 0.2) is 10.7 Å². The lowest BCUT2D eigenvalue weighted by molar-refractivity contribution is 0.306. The molecule has 2 atom stereocenters. The van der Waals surface area contributed by atoms with Crippen LogP contribution in [0.25, 0.3) is 0 Å². The van der Waals surface area contributed by atoms with Gasteiger partial charge in [0.25, 0.3) is 0 Å². The molecule has 22 heavy (non-hydrogen) atoms. The molecule has 0 radical (unpaired) electrons. The van der Waals surface area contributed by atoms with Crippen LogP contribution in [-0.4, -0.2) is 19.9 Å². The van der Waals surface area contributed by atoms with E-state index in [1.54, 1.807) is 0 Å². The molecule has 6 nitrogen and oxygen atoms in total. The van der Waals surface area contributed by atoms with E-state index in [-0.39, 0.29) is 11.6 Å². The van der Waals surface area contributed by atoms with Crippen LogP contribution in [0.3, 0.4) is 0 Å². The Morgan fingerprint density at radius 3 is 2.82 bits per heavy atom. The lowest BCUT2D eigenvalue weighted by atomic mass is 9.91. The predicted octanol–water partition coefficient (Wildman–Crippen LogP) is 3.06. The third-order valence-electron chi connectivity index (χ3n) is 4.18. The van der Waals surface area contributed by atoms with E-state index < -0.39 is 0 Å². The zero-order valence-corrected chi connectivity index (χ0v) is 14.1. The van der Waals surface area contributed by atoms with Crippen molar-refractivity contribution < 1.29 is 4.52 Å². The van der Waals surface area contributed by atoms with Crippen LogP contribution in [0, 0.1) is 6.92 Å². The molecule has 2 aromatic heterocycles. The maximum absolute atomic E-state index is 5.27. The second-order valence-electron chi connectivity index (χ2n) is 7.14. The zero-order chi connectivity index (χ0) is 15.9. The van der Waals surface area contributed by atoms with Gasteiger partial charge in [-0.2, -0.15) is 10.1 Å². The van der Waals surface area contributed by atoms with Crippen molar-refractivity contribution in [1.82, 2.24) is 25.2 Å². The second-order valence-corrected chi connectivity index (χ2v) is 7.14. The molecule has 1 aliphatic rings. The van der Waals surface area contributed by atoms with Crippen LogP contribution in [-0.2, 0) is 12.0 Å². The van der Waals surface area contributed by atoms with Crippen LogP contribution >= 0.6 is 0 Å². The van der Waals surface area contributed by atoms with Crippen LogP contribution in [0.2, 0.25) is 0 Å². The lowest BCUT2D eigenvalue weighted by Gasteiger charge is -2.29. The van der Waals surface area contributed by atoms with E-state index in [2.05, 4.69) is 52.9 Å². The van der Waals surface area contributed by atoms with E-state index >= 15 is 0 Å². The molecule has 0 aromatic carbocycles. The number of nitrogens with one attached hydrogen (secondary N) is 1. The van der Waals surface area contributed by atoms with Gasteiger partial charge in [0.2, 0.25) is 5.89 Å². The average Bonchev–Trinajstić information content (AvgIpc) is 3.04. The predicted molar refractivity (Wildman–Crippen MR) is 83.5 cm³/mol. The van der Waals surface area contributed by atoms with Gasteiger partial charge in [0, 0.05) is 17.3 Å². The van der Waals surface area contributed by atoms with E-state index in [0.29, 0.717) is 17.8 Å². The van der Waals surface area contributed by atoms with Crippen LogP contribution < -0.4 is 5.32 Å². The molecule has 0 fully saturated rings. The minimum atomic E-state index is 0.0185. The summed E-state index contributed by atoms with van der Waals surface area (Å²) in [5, 5.41) is 12.1. The third kappa shape index (κ3) is 2.79. The molecule has 1 N–H and O–H groups in total. The maximum Gasteiger partial charge on any atom is 0.243 e. The highest BCUT2D eigenvalue weighted by Gasteiger charge is 2.29. The number of aryl methyl sites for hydroxylation is 1. The summed E-state index contributed by atoms with van der Waals surface area (Å²) in [5.41, 5.74) is 2.68. The first-order valence-corrected chi connectivity index (χ1v) is 8.00. The molecule has 0 aliphatic heterocycles. The van der Waals surface area contributed by atoms with Gasteiger partial charge >= 0.3 is 0 Å². The number of hydrogen-bond donors (Lipinski definition) is 1. The molecule has 0 saturated heterocycles. The summed E-state index contributed by atoms with van der Waals surface area (Å²) in [4.78, 5) is 4.32. The van der Waals surface area contributed by atoms with E-state index in [4.69, 9.17) is 4.52 Å². The molecular formula is C16H25N5O. The van der Waals surface area contributed by atoms with Gasteiger partial charge < -0.3 is 4.52 Å². The summed E-state index contributed by atoms with van der Waals surface area (Å²) in [6.07, 6.45) is 5.39. The van der Waals surface area contributed by atoms with Crippen molar-refractivity contribution in [2.75, 3.05) is 0 Å². The first-order valence-electron chi connectivity index (χ1n) is 8.00. The summed E-state index contributed by atoms with van der Waals surface area (Å²) in [6.45, 7) is 10.5. The molecule has 0 unspecified atom stereocenters. The Hall–Kier alpha value is -1.69. The first kappa shape index (κ1) is 15.2. The van der Waals surface area contributed by atoms with E-state index in [9.17, 15) is 0 Å². The minimum absolute atomic E-state index is 0.0185. The Bertz CT molecular complexity index is 652. The Kier molecular flexibility index (Phi) is 3.80. The van der Waals surface area contributed by atoms with Crippen LogP contribution in [0.4, 0.5) is 0 Å². The summed E-state index contributed by atoms with van der Waals surface area (Å²) in [6, 6.07) is 0.331. The Labute approximate surface area is 131 Å². The molecule has 0 saturated carbocycles. The van der Waals surface area contributed by atoms with Crippen molar-refractivity contribution >= 4 is 0 Å². The number of hydrogen-bond acceptors (Lipinski definition) is 5. The largest absolute Gasteiger partial charge is 0.338 e. The number of nitrogens with zero attached hydrogens (tertiary/aromatic N) is 4. The van der Waals surface area contributed by atoms with Crippen molar-refractivity contribution in [3.63, 3.8) is 0 Å². The molecule has 2 heterocycles. The second kappa shape index (κ2) is 5.50. The highest BCUT2D eigenvalue weighted by Crippen LogP contribution is 2.33. The molecule has 6 heteroatoms. The van der Waals surface area contributed by atoms with E-state index in [1.807, 2.05) is 13.1 Å². The summed E-state index contributed by atoms with van der Waals surface area (Å²) < 4.78 is 7.43. The van der Waals surface area contributed by atoms with Crippen molar-refractivity contribution in [2.45, 2.75) is 71.5 Å². The molecule has 3 rings (SSSR count). The van der Waals surface area contributed by atoms with E-state index in [0.717, 1.165) is 12.8 Å². The Morgan fingerprint density at radius 2 is 2.18 bits per heavy atom. The average molecular weight is 303 g/mol. The summed E-state index contributed by atoms with van der Waals surface area (Å²) in [7, 11) is 0. The molecule has 0 spiro atoms. The molecule has 0 amide bonds. The number of rotatable bonds is 3. The fourth-order valence-corrected chi connectivity index (χ4v) is 3.17. The highest BCUT2D eigenvalue weighted by molar-refractivity contribution is 5.26. The number of fused-ring (bicyclic) bond motifs is 1. The zero-order valence-electron chi connectivity index (χ0n) is 14.1. The maximum atomic E-state index is 5.27. The van der Waals surface area contributed by atoms with Crippen molar-refractivity contribution in [2.24, 2.45) is 0 Å². The van der Waals surface area contributed by atoms with Gasteiger partial charge in [-0.05, 0) is 53.9 Å². The fraction of sp³-hybridized carbons (Fsp3) is 0.688. The van der Waals surface area contributed by atoms with Gasteiger partial charge in [-0.25, -0.2) is 0 Å². The summed E-state index contributed by atoms with van der Waals surface area (Å²) in [5.74, 6) is 1.32. The van der Waals surface area contributed by atoms with Gasteiger partial charge in [0.1, 0.15) is 0 Å². The monoisotopic (exact) mass is 303 g/mol. The molecule has 0 bridgehead atoms. The topological polar surface area (TPSA) is 68.8 Å². The number of aromatic nitrogens is 4. The van der Waals surface area contributed by atoms with Gasteiger partial charge in [-0.1, -0.05) is 5.16 Å². The standard InChI is InChI=1S/C16H25N5O/c1-10(15-19-11(2)20-22-15)18-13-7-6-8-14-12(13)9-17-21(14)16(3,4)5/h9-10,13,18H,6-8H2,1-5H3/t10-,13-/m1/s1. The van der Waals surface area contributed by atoms with Crippen LogP contribution in [0.5, 0.6) is 0 Å². The van der Waals surface area contributed by atoms with Crippen molar-refractivity contribution in [3.8, 4) is 0 Å². The van der Waals surface area contributed by atoms with Gasteiger partial charge in [-0.15, -0.1) is 0 Å². The normalized spacial score (nSPS) is 20.0. The van der Waals surface area contributed by atoms with Gasteiger partial charge in [0.15, 0.2) is 5.82 Å². The quantitative estimate of drug-likeness (QED) is 0.943. The van der Waals surface area contributed by atoms with Crippen molar-refractivity contribution in [3.05, 3.63) is 29.2 Å². The fourth-order valence-electron chi connectivity index (χ4n) is 3.17. The van der Waals surface area contributed by atoms with E-state index in [1.165, 1.54) is 17.7 Å². The Morgan fingerprint density at radius 1 is 1.41 bits per heavy atom. The van der Waals surface area contributed by atoms with Crippen molar-refractivity contribution in [1.29, 1.82) is 0 Å². The molecule has 120 valence electrons. The molecular weight excluding hydrogens is 278 g/mol. The smallest absolute Gasteiger partial charge is 0.243 e. The van der Waals surface area contributed by atoms with Crippen LogP contribution in [0.1, 0.15) is 75.6 Å².